The molecule has 2 nitrogen and oxygen atoms in total. The van der Waals surface area contributed by atoms with Gasteiger partial charge in [0.25, 0.3) is 0 Å². The van der Waals surface area contributed by atoms with Crippen molar-refractivity contribution in [2.45, 2.75) is 78.1 Å². The molecule has 3 aliphatic rings. The Labute approximate surface area is 141 Å². The third-order valence-corrected chi connectivity index (χ3v) is 6.53. The summed E-state index contributed by atoms with van der Waals surface area (Å²) in [6.45, 7) is 17.4. The Bertz CT molecular complexity index is 570. The van der Waals surface area contributed by atoms with Crippen molar-refractivity contribution in [1.29, 1.82) is 0 Å². The van der Waals surface area contributed by atoms with Crippen molar-refractivity contribution in [2.24, 2.45) is 17.8 Å². The molecule has 2 fully saturated rings. The predicted molar refractivity (Wildman–Crippen MR) is 95.1 cm³/mol. The number of allylic oxidation sites excluding steroid dienone is 2. The van der Waals surface area contributed by atoms with Crippen LogP contribution in [0.5, 0.6) is 0 Å². The van der Waals surface area contributed by atoms with Crippen molar-refractivity contribution in [3.63, 3.8) is 0 Å². The van der Waals surface area contributed by atoms with Gasteiger partial charge in [0.15, 0.2) is 0 Å². The fourth-order valence-corrected chi connectivity index (χ4v) is 5.09. The molecule has 0 bridgehead atoms. The van der Waals surface area contributed by atoms with Crippen molar-refractivity contribution in [1.82, 2.24) is 0 Å². The predicted octanol–water partition coefficient (Wildman–Crippen LogP) is 5.41. The maximum Gasteiger partial charge on any atom is 0.123 e. The van der Waals surface area contributed by atoms with Gasteiger partial charge in [0.05, 0.1) is 0 Å². The Hall–Kier alpha value is -1.02. The third-order valence-electron chi connectivity index (χ3n) is 6.53. The molecule has 1 saturated carbocycles. The molecule has 1 heterocycles. The third kappa shape index (κ3) is 2.33. The smallest absolute Gasteiger partial charge is 0.123 e. The molecular formula is C21H32O2. The second-order valence-electron chi connectivity index (χ2n) is 8.23. The molecule has 0 aromatic heterocycles. The second-order valence-corrected chi connectivity index (χ2v) is 8.23. The fourth-order valence-electron chi connectivity index (χ4n) is 5.09. The van der Waals surface area contributed by atoms with E-state index in [1.807, 2.05) is 6.92 Å². The zero-order chi connectivity index (χ0) is 17.0. The van der Waals surface area contributed by atoms with Crippen molar-refractivity contribution in [3.8, 4) is 0 Å². The average molecular weight is 316 g/mol. The van der Waals surface area contributed by atoms with E-state index in [1.54, 1.807) is 0 Å². The highest BCUT2D eigenvalue weighted by Gasteiger charge is 2.77. The van der Waals surface area contributed by atoms with Crippen LogP contribution < -0.4 is 0 Å². The lowest BCUT2D eigenvalue weighted by atomic mass is 9.59. The lowest BCUT2D eigenvalue weighted by molar-refractivity contribution is -0.00160. The first kappa shape index (κ1) is 16.8. The van der Waals surface area contributed by atoms with Crippen molar-refractivity contribution < 1.29 is 9.47 Å². The van der Waals surface area contributed by atoms with Crippen LogP contribution in [0.25, 0.3) is 0 Å². The van der Waals surface area contributed by atoms with E-state index in [2.05, 4.69) is 53.3 Å². The molecule has 1 saturated heterocycles. The van der Waals surface area contributed by atoms with Gasteiger partial charge in [-0.1, -0.05) is 45.1 Å². The molecule has 1 spiro atoms. The molecule has 0 amide bonds. The van der Waals surface area contributed by atoms with Gasteiger partial charge in [-0.15, -0.1) is 0 Å². The second kappa shape index (κ2) is 5.51. The first-order valence-electron chi connectivity index (χ1n) is 9.14. The largest absolute Gasteiger partial charge is 0.490 e. The van der Waals surface area contributed by atoms with Gasteiger partial charge in [-0.2, -0.15) is 0 Å². The molecule has 0 unspecified atom stereocenters. The quantitative estimate of drug-likeness (QED) is 0.299. The van der Waals surface area contributed by atoms with Gasteiger partial charge in [-0.05, 0) is 51.0 Å². The van der Waals surface area contributed by atoms with Crippen LogP contribution in [0.2, 0.25) is 0 Å². The monoisotopic (exact) mass is 316 g/mol. The number of epoxide rings is 1. The van der Waals surface area contributed by atoms with E-state index >= 15 is 0 Å². The molecule has 0 radical (unpaired) electrons. The van der Waals surface area contributed by atoms with E-state index in [-0.39, 0.29) is 17.3 Å². The van der Waals surface area contributed by atoms with E-state index < -0.39 is 0 Å². The molecule has 128 valence electrons. The Morgan fingerprint density at radius 3 is 2.78 bits per heavy atom. The van der Waals surface area contributed by atoms with Crippen LogP contribution in [0.15, 0.2) is 35.6 Å². The zero-order valence-corrected chi connectivity index (χ0v) is 15.6. The normalized spacial score (nSPS) is 42.7. The van der Waals surface area contributed by atoms with Crippen molar-refractivity contribution >= 4 is 0 Å². The van der Waals surface area contributed by atoms with Crippen LogP contribution >= 0.6 is 0 Å². The van der Waals surface area contributed by atoms with E-state index in [4.69, 9.17) is 9.47 Å². The zero-order valence-electron chi connectivity index (χ0n) is 15.6. The van der Waals surface area contributed by atoms with Crippen LogP contribution in [0.1, 0.15) is 60.8 Å². The highest BCUT2D eigenvalue weighted by molar-refractivity contribution is 5.37. The number of rotatable bonds is 4. The highest BCUT2D eigenvalue weighted by atomic mass is 16.6. The number of ether oxygens (including phenoxy) is 2. The van der Waals surface area contributed by atoms with E-state index in [0.717, 1.165) is 17.8 Å². The van der Waals surface area contributed by atoms with Gasteiger partial charge in [0, 0.05) is 12.3 Å². The van der Waals surface area contributed by atoms with Crippen LogP contribution in [0.4, 0.5) is 0 Å². The lowest BCUT2D eigenvalue weighted by Crippen LogP contribution is -2.51. The highest BCUT2D eigenvalue weighted by Crippen LogP contribution is 2.68. The molecule has 3 rings (SSSR count). The summed E-state index contributed by atoms with van der Waals surface area (Å²) >= 11 is 0. The molecule has 5 atom stereocenters. The number of hydrogen-bond donors (Lipinski definition) is 0. The van der Waals surface area contributed by atoms with Gasteiger partial charge < -0.3 is 9.47 Å². The maximum absolute atomic E-state index is 6.56. The fraction of sp³-hybridized carbons (Fsp3) is 0.714. The van der Waals surface area contributed by atoms with Crippen LogP contribution in [-0.2, 0) is 9.47 Å². The van der Waals surface area contributed by atoms with E-state index in [0.29, 0.717) is 17.8 Å². The van der Waals surface area contributed by atoms with Crippen LogP contribution in [-0.4, -0.2) is 17.3 Å². The molecule has 1 aliphatic heterocycles. The van der Waals surface area contributed by atoms with Crippen molar-refractivity contribution in [2.75, 3.05) is 0 Å². The Balaban J connectivity index is 1.93. The topological polar surface area (TPSA) is 21.8 Å². The average Bonchev–Trinajstić information content (AvgIpc) is 3.14. The van der Waals surface area contributed by atoms with Gasteiger partial charge >= 0.3 is 0 Å². The molecule has 0 aromatic rings. The minimum absolute atomic E-state index is 0.0322. The lowest BCUT2D eigenvalue weighted by Gasteiger charge is -2.44. The summed E-state index contributed by atoms with van der Waals surface area (Å²) in [6, 6.07) is 0. The summed E-state index contributed by atoms with van der Waals surface area (Å²) in [5.41, 5.74) is 2.45. The van der Waals surface area contributed by atoms with E-state index in [1.165, 1.54) is 18.4 Å². The molecule has 0 N–H and O–H groups in total. The van der Waals surface area contributed by atoms with Crippen molar-refractivity contribution in [3.05, 3.63) is 35.6 Å². The first-order chi connectivity index (χ1) is 10.8. The Kier molecular flexibility index (Phi) is 4.03. The standard InChI is InChI=1S/C21H32O2/c1-8-15(5)17(7)22-18-11-14(4)12-21-19(18)16(6)9-10-20(21,23-21)13(2)3/h8,12-13,16,18-19H,7,9-11H2,1-6H3/b15-8-/t16-,18-,19-,20-,21-/m0/s1. The molecule has 2 heteroatoms. The van der Waals surface area contributed by atoms with Gasteiger partial charge in [0.2, 0.25) is 0 Å². The maximum atomic E-state index is 6.56. The Morgan fingerprint density at radius 2 is 2.17 bits per heavy atom. The first-order valence-corrected chi connectivity index (χ1v) is 9.14. The molecule has 2 aliphatic carbocycles. The van der Waals surface area contributed by atoms with Gasteiger partial charge in [-0.25, -0.2) is 0 Å². The summed E-state index contributed by atoms with van der Waals surface area (Å²) in [7, 11) is 0. The minimum Gasteiger partial charge on any atom is -0.490 e. The minimum atomic E-state index is -0.101. The molecule has 23 heavy (non-hydrogen) atoms. The number of hydrogen-bond acceptors (Lipinski definition) is 2. The summed E-state index contributed by atoms with van der Waals surface area (Å²) in [6.07, 6.45) is 8.07. The molecular weight excluding hydrogens is 284 g/mol. The molecule has 0 aromatic carbocycles. The van der Waals surface area contributed by atoms with Crippen LogP contribution in [0, 0.1) is 17.8 Å². The SMILES string of the molecule is C=C(O[C@H]1CC(C)=C[C@@]23O[C@]2(C(C)C)CC[C@H](C)[C@@H]13)/C(C)=C\C. The summed E-state index contributed by atoms with van der Waals surface area (Å²) in [5.74, 6) is 2.41. The summed E-state index contributed by atoms with van der Waals surface area (Å²) < 4.78 is 12.9. The van der Waals surface area contributed by atoms with Gasteiger partial charge in [-0.3, -0.25) is 0 Å². The summed E-state index contributed by atoms with van der Waals surface area (Å²) in [5, 5.41) is 0. The Morgan fingerprint density at radius 1 is 1.48 bits per heavy atom. The van der Waals surface area contributed by atoms with Gasteiger partial charge in [0.1, 0.15) is 23.1 Å². The van der Waals surface area contributed by atoms with E-state index in [9.17, 15) is 0 Å². The summed E-state index contributed by atoms with van der Waals surface area (Å²) in [4.78, 5) is 0. The van der Waals surface area contributed by atoms with Crippen LogP contribution in [0.3, 0.4) is 0 Å².